The molecule has 0 fully saturated rings. The Labute approximate surface area is 181 Å². The highest BCUT2D eigenvalue weighted by Gasteiger charge is 2.12. The van der Waals surface area contributed by atoms with E-state index in [0.717, 1.165) is 26.9 Å². The zero-order valence-corrected chi connectivity index (χ0v) is 18.9. The summed E-state index contributed by atoms with van der Waals surface area (Å²) in [6.45, 7) is 2.47. The van der Waals surface area contributed by atoms with Crippen LogP contribution in [0.4, 0.5) is 22.7 Å². The van der Waals surface area contributed by atoms with Crippen LogP contribution in [0.25, 0.3) is 0 Å². The molecule has 0 bridgehead atoms. The molecule has 154 valence electrons. The Bertz CT molecular complexity index is 762. The summed E-state index contributed by atoms with van der Waals surface area (Å²) < 4.78 is 11.6. The standard InChI is InChI=1S/C9H11BrN2O3.C9H13BrN2O/c1-15-5-4-11-8-6-7(10)2-3-9(8)12(13)14;1-13-5-4-12-9-6-7(10)2-3-8(9)11/h2-3,6,11H,4-5H2,1H3;2-3,6,12H,4-5,11H2,1H3. The zero-order valence-electron chi connectivity index (χ0n) is 15.7. The summed E-state index contributed by atoms with van der Waals surface area (Å²) in [5.41, 5.74) is 7.99. The number of ether oxygens (including phenoxy) is 2. The van der Waals surface area contributed by atoms with Gasteiger partial charge >= 0.3 is 0 Å². The molecule has 0 aliphatic carbocycles. The van der Waals surface area contributed by atoms with Crippen molar-refractivity contribution in [2.75, 3.05) is 56.9 Å². The van der Waals surface area contributed by atoms with Crippen LogP contribution in [0.15, 0.2) is 45.3 Å². The average molecular weight is 520 g/mol. The molecule has 0 aliphatic rings. The molecule has 0 amide bonds. The highest BCUT2D eigenvalue weighted by molar-refractivity contribution is 9.10. The van der Waals surface area contributed by atoms with Gasteiger partial charge in [0, 0.05) is 42.3 Å². The fourth-order valence-electron chi connectivity index (χ4n) is 2.07. The molecule has 2 aromatic rings. The summed E-state index contributed by atoms with van der Waals surface area (Å²) in [5, 5.41) is 16.8. The Morgan fingerprint density at radius 2 is 1.46 bits per heavy atom. The number of nitro benzene ring substituents is 1. The quantitative estimate of drug-likeness (QED) is 0.193. The monoisotopic (exact) mass is 518 g/mol. The van der Waals surface area contributed by atoms with Crippen molar-refractivity contribution in [3.63, 3.8) is 0 Å². The van der Waals surface area contributed by atoms with Crippen LogP contribution < -0.4 is 16.4 Å². The van der Waals surface area contributed by atoms with E-state index >= 15 is 0 Å². The molecule has 4 N–H and O–H groups in total. The van der Waals surface area contributed by atoms with Crippen LogP contribution in [0.3, 0.4) is 0 Å². The van der Waals surface area contributed by atoms with Gasteiger partial charge < -0.3 is 25.8 Å². The topological polar surface area (TPSA) is 112 Å². The van der Waals surface area contributed by atoms with Crippen LogP contribution in [-0.2, 0) is 9.47 Å². The lowest BCUT2D eigenvalue weighted by molar-refractivity contribution is -0.384. The zero-order chi connectivity index (χ0) is 20.9. The molecule has 8 nitrogen and oxygen atoms in total. The first-order valence-corrected chi connectivity index (χ1v) is 9.92. The number of hydrogen-bond donors (Lipinski definition) is 3. The van der Waals surface area contributed by atoms with E-state index in [0.29, 0.717) is 25.4 Å². The first kappa shape index (κ1) is 24.2. The Morgan fingerprint density at radius 1 is 0.964 bits per heavy atom. The number of halogens is 2. The highest BCUT2D eigenvalue weighted by Crippen LogP contribution is 2.27. The smallest absolute Gasteiger partial charge is 0.292 e. The summed E-state index contributed by atoms with van der Waals surface area (Å²) in [4.78, 5) is 10.3. The molecule has 0 radical (unpaired) electrons. The number of nitrogens with one attached hydrogen (secondary N) is 2. The van der Waals surface area contributed by atoms with Gasteiger partial charge in [0.05, 0.1) is 29.5 Å². The summed E-state index contributed by atoms with van der Waals surface area (Å²) in [6.07, 6.45) is 0. The van der Waals surface area contributed by atoms with Gasteiger partial charge in [0.15, 0.2) is 0 Å². The van der Waals surface area contributed by atoms with Gasteiger partial charge in [-0.15, -0.1) is 0 Å². The van der Waals surface area contributed by atoms with Gasteiger partial charge in [0.25, 0.3) is 5.69 Å². The Morgan fingerprint density at radius 3 is 2.00 bits per heavy atom. The molecule has 28 heavy (non-hydrogen) atoms. The van der Waals surface area contributed by atoms with Gasteiger partial charge in [-0.25, -0.2) is 0 Å². The van der Waals surface area contributed by atoms with Gasteiger partial charge in [-0.1, -0.05) is 31.9 Å². The molecule has 0 aliphatic heterocycles. The molecule has 2 aromatic carbocycles. The summed E-state index contributed by atoms with van der Waals surface area (Å²) in [5.74, 6) is 0. The van der Waals surface area contributed by atoms with Crippen molar-refractivity contribution in [1.29, 1.82) is 0 Å². The fraction of sp³-hybridized carbons (Fsp3) is 0.333. The van der Waals surface area contributed by atoms with Crippen LogP contribution in [0.5, 0.6) is 0 Å². The van der Waals surface area contributed by atoms with Crippen LogP contribution >= 0.6 is 31.9 Å². The van der Waals surface area contributed by atoms with Crippen LogP contribution in [0.2, 0.25) is 0 Å². The van der Waals surface area contributed by atoms with Gasteiger partial charge in [-0.05, 0) is 30.3 Å². The molecule has 0 aromatic heterocycles. The van der Waals surface area contributed by atoms with Crippen molar-refractivity contribution in [3.8, 4) is 0 Å². The van der Waals surface area contributed by atoms with E-state index in [2.05, 4.69) is 42.5 Å². The maximum atomic E-state index is 10.7. The second kappa shape index (κ2) is 13.3. The van der Waals surface area contributed by atoms with Crippen LogP contribution in [-0.4, -0.2) is 45.4 Å². The molecule has 0 heterocycles. The molecule has 10 heteroatoms. The minimum atomic E-state index is -0.415. The maximum Gasteiger partial charge on any atom is 0.292 e. The van der Waals surface area contributed by atoms with Crippen LogP contribution in [0, 0.1) is 10.1 Å². The average Bonchev–Trinajstić information content (AvgIpc) is 2.65. The van der Waals surface area contributed by atoms with E-state index < -0.39 is 4.92 Å². The van der Waals surface area contributed by atoms with E-state index in [1.807, 2.05) is 18.2 Å². The molecule has 0 unspecified atom stereocenters. The molecule has 0 saturated heterocycles. The summed E-state index contributed by atoms with van der Waals surface area (Å²) >= 11 is 6.64. The minimum Gasteiger partial charge on any atom is -0.397 e. The lowest BCUT2D eigenvalue weighted by Crippen LogP contribution is -2.09. The molecular weight excluding hydrogens is 496 g/mol. The molecule has 2 rings (SSSR count). The van der Waals surface area contributed by atoms with Crippen LogP contribution in [0.1, 0.15) is 0 Å². The first-order chi connectivity index (χ1) is 13.4. The lowest BCUT2D eigenvalue weighted by atomic mass is 10.2. The summed E-state index contributed by atoms with van der Waals surface area (Å²) in [7, 11) is 3.25. The molecular formula is C18H24Br2N4O4. The number of hydrogen-bond acceptors (Lipinski definition) is 7. The van der Waals surface area contributed by atoms with E-state index in [4.69, 9.17) is 15.2 Å². The van der Waals surface area contributed by atoms with Gasteiger partial charge in [-0.2, -0.15) is 0 Å². The number of anilines is 3. The highest BCUT2D eigenvalue weighted by atomic mass is 79.9. The third kappa shape index (κ3) is 8.87. The maximum absolute atomic E-state index is 10.7. The van der Waals surface area contributed by atoms with Gasteiger partial charge in [0.2, 0.25) is 0 Å². The van der Waals surface area contributed by atoms with Crippen molar-refractivity contribution < 1.29 is 14.4 Å². The fourth-order valence-corrected chi connectivity index (χ4v) is 2.79. The van der Waals surface area contributed by atoms with E-state index in [1.165, 1.54) is 6.07 Å². The number of nitrogens with zero attached hydrogens (tertiary/aromatic N) is 1. The molecule has 0 saturated carbocycles. The lowest BCUT2D eigenvalue weighted by Gasteiger charge is -2.08. The van der Waals surface area contributed by atoms with E-state index in [1.54, 1.807) is 26.4 Å². The number of benzene rings is 2. The Balaban J connectivity index is 0.000000283. The number of rotatable bonds is 9. The predicted molar refractivity (Wildman–Crippen MR) is 120 cm³/mol. The third-order valence-electron chi connectivity index (χ3n) is 3.41. The van der Waals surface area contributed by atoms with E-state index in [9.17, 15) is 10.1 Å². The SMILES string of the molecule is COCCNc1cc(Br)ccc1N.COCCNc1cc(Br)ccc1[N+](=O)[O-]. The third-order valence-corrected chi connectivity index (χ3v) is 4.40. The molecule has 0 atom stereocenters. The van der Waals surface area contributed by atoms with Crippen molar-refractivity contribution >= 4 is 54.6 Å². The second-order valence-electron chi connectivity index (χ2n) is 5.49. The van der Waals surface area contributed by atoms with Gasteiger partial charge in [0.1, 0.15) is 5.69 Å². The van der Waals surface area contributed by atoms with Crippen molar-refractivity contribution in [2.24, 2.45) is 0 Å². The minimum absolute atomic E-state index is 0.0642. The first-order valence-electron chi connectivity index (χ1n) is 8.33. The second-order valence-corrected chi connectivity index (χ2v) is 7.32. The van der Waals surface area contributed by atoms with Crippen molar-refractivity contribution in [1.82, 2.24) is 0 Å². The normalized spacial score (nSPS) is 10.0. The Hall–Kier alpha value is -1.88. The number of nitro groups is 1. The predicted octanol–water partition coefficient (Wildman–Crippen LogP) is 4.51. The number of methoxy groups -OCH3 is 2. The van der Waals surface area contributed by atoms with Gasteiger partial charge in [-0.3, -0.25) is 10.1 Å². The Kier molecular flexibility index (Phi) is 11.5. The van der Waals surface area contributed by atoms with E-state index in [-0.39, 0.29) is 5.69 Å². The van der Waals surface area contributed by atoms with Crippen molar-refractivity contribution in [3.05, 3.63) is 55.5 Å². The van der Waals surface area contributed by atoms with Crippen molar-refractivity contribution in [2.45, 2.75) is 0 Å². The molecule has 0 spiro atoms. The number of nitrogen functional groups attached to an aromatic ring is 1. The number of nitrogens with two attached hydrogens (primary N) is 1. The summed E-state index contributed by atoms with van der Waals surface area (Å²) in [6, 6.07) is 10.5. The largest absolute Gasteiger partial charge is 0.397 e.